The van der Waals surface area contributed by atoms with Crippen LogP contribution in [0.2, 0.25) is 0 Å². The lowest BCUT2D eigenvalue weighted by Gasteiger charge is -2.33. The molecule has 0 saturated carbocycles. The van der Waals surface area contributed by atoms with Crippen LogP contribution in [0.15, 0.2) is 24.3 Å². The first-order valence-corrected chi connectivity index (χ1v) is 17.3. The van der Waals surface area contributed by atoms with Crippen LogP contribution < -0.4 is 10.6 Å². The third-order valence-electron chi connectivity index (χ3n) is 8.53. The van der Waals surface area contributed by atoms with E-state index in [-0.39, 0.29) is 33.5 Å². The van der Waals surface area contributed by atoms with Gasteiger partial charge >= 0.3 is 0 Å². The van der Waals surface area contributed by atoms with Crippen molar-refractivity contribution in [1.29, 1.82) is 0 Å². The summed E-state index contributed by atoms with van der Waals surface area (Å²) in [7, 11) is 0. The molecule has 6 heteroatoms. The second kappa shape index (κ2) is 15.7. The highest BCUT2D eigenvalue weighted by Crippen LogP contribution is 2.43. The van der Waals surface area contributed by atoms with Gasteiger partial charge < -0.3 is 20.8 Å². The SMILES string of the molecule is CC(C)(C)c1c(O)ccc(CCC(=O)NCCCCCCNC(=O)CCc2ccc(O)c(C(C)(C)C)c2C(C)(C)C)c1C(C)(C)C. The molecule has 0 radical (unpaired) electrons. The van der Waals surface area contributed by atoms with Crippen LogP contribution in [-0.4, -0.2) is 35.1 Å². The molecule has 0 aliphatic carbocycles. The Labute approximate surface area is 280 Å². The average Bonchev–Trinajstić information content (AvgIpc) is 2.90. The monoisotopic (exact) mass is 636 g/mol. The number of benzene rings is 2. The van der Waals surface area contributed by atoms with Crippen LogP contribution in [-0.2, 0) is 44.1 Å². The van der Waals surface area contributed by atoms with Crippen molar-refractivity contribution >= 4 is 11.8 Å². The normalized spacial score (nSPS) is 12.7. The molecule has 2 aromatic rings. The minimum absolute atomic E-state index is 0.0513. The van der Waals surface area contributed by atoms with Gasteiger partial charge in [-0.25, -0.2) is 0 Å². The fourth-order valence-electron chi connectivity index (χ4n) is 6.65. The van der Waals surface area contributed by atoms with Crippen LogP contribution in [0, 0.1) is 0 Å². The zero-order chi connectivity index (χ0) is 35.1. The number of nitrogens with one attached hydrogen (secondary N) is 2. The van der Waals surface area contributed by atoms with E-state index in [4.69, 9.17) is 0 Å². The smallest absolute Gasteiger partial charge is 0.220 e. The molecule has 0 atom stereocenters. The fraction of sp³-hybridized carbons (Fsp3) is 0.650. The van der Waals surface area contributed by atoms with Crippen molar-refractivity contribution < 1.29 is 19.8 Å². The summed E-state index contributed by atoms with van der Waals surface area (Å²) in [6.45, 7) is 27.0. The number of aromatic hydroxyl groups is 2. The molecule has 0 aliphatic rings. The maximum absolute atomic E-state index is 12.6. The molecule has 0 bridgehead atoms. The van der Waals surface area contributed by atoms with E-state index < -0.39 is 0 Å². The Morgan fingerprint density at radius 3 is 1.09 bits per heavy atom. The summed E-state index contributed by atoms with van der Waals surface area (Å²) in [5.41, 5.74) is 5.78. The van der Waals surface area contributed by atoms with E-state index in [1.54, 1.807) is 12.1 Å². The van der Waals surface area contributed by atoms with E-state index in [1.807, 2.05) is 12.1 Å². The topological polar surface area (TPSA) is 98.7 Å². The first-order valence-electron chi connectivity index (χ1n) is 17.3. The van der Waals surface area contributed by atoms with Crippen LogP contribution >= 0.6 is 0 Å². The summed E-state index contributed by atoms with van der Waals surface area (Å²) in [6.07, 6.45) is 5.93. The summed E-state index contributed by atoms with van der Waals surface area (Å²) in [4.78, 5) is 25.3. The van der Waals surface area contributed by atoms with Gasteiger partial charge in [-0.1, -0.05) is 108 Å². The number of aryl methyl sites for hydroxylation is 2. The number of amides is 2. The molecule has 258 valence electrons. The zero-order valence-electron chi connectivity index (χ0n) is 31.1. The second-order valence-corrected chi connectivity index (χ2v) is 17.1. The van der Waals surface area contributed by atoms with E-state index >= 15 is 0 Å². The molecule has 0 spiro atoms. The molecule has 4 N–H and O–H groups in total. The Hall–Kier alpha value is -3.02. The third-order valence-corrected chi connectivity index (χ3v) is 8.53. The Balaban J connectivity index is 1.74. The maximum Gasteiger partial charge on any atom is 0.220 e. The van der Waals surface area contributed by atoms with Crippen LogP contribution in [0.25, 0.3) is 0 Å². The molecule has 0 saturated heterocycles. The van der Waals surface area contributed by atoms with Gasteiger partial charge in [-0.2, -0.15) is 0 Å². The number of hydrogen-bond donors (Lipinski definition) is 4. The fourth-order valence-corrected chi connectivity index (χ4v) is 6.65. The summed E-state index contributed by atoms with van der Waals surface area (Å²) in [5.74, 6) is 0.748. The number of phenolic OH excluding ortho intramolecular Hbond substituents is 2. The molecule has 2 amide bonds. The second-order valence-electron chi connectivity index (χ2n) is 17.1. The molecule has 6 nitrogen and oxygen atoms in total. The number of phenols is 2. The van der Waals surface area contributed by atoms with Gasteiger partial charge in [0.2, 0.25) is 11.8 Å². The van der Waals surface area contributed by atoms with Gasteiger partial charge in [0.1, 0.15) is 11.5 Å². The minimum atomic E-state index is -0.200. The average molecular weight is 637 g/mol. The predicted octanol–water partition coefficient (Wildman–Crippen LogP) is 8.65. The zero-order valence-corrected chi connectivity index (χ0v) is 31.1. The molecule has 0 unspecified atom stereocenters. The Bertz CT molecular complexity index is 1230. The maximum atomic E-state index is 12.6. The largest absolute Gasteiger partial charge is 0.508 e. The number of carbonyl (C=O) groups is 2. The lowest BCUT2D eigenvalue weighted by molar-refractivity contribution is -0.121. The van der Waals surface area contributed by atoms with Crippen LogP contribution in [0.1, 0.15) is 155 Å². The van der Waals surface area contributed by atoms with Crippen molar-refractivity contribution in [3.8, 4) is 11.5 Å². The third kappa shape index (κ3) is 11.3. The van der Waals surface area contributed by atoms with Crippen molar-refractivity contribution in [2.24, 2.45) is 0 Å². The van der Waals surface area contributed by atoms with Gasteiger partial charge in [0.05, 0.1) is 0 Å². The molecule has 0 fully saturated rings. The van der Waals surface area contributed by atoms with Crippen LogP contribution in [0.5, 0.6) is 11.5 Å². The lowest BCUT2D eigenvalue weighted by Crippen LogP contribution is -2.27. The summed E-state index contributed by atoms with van der Waals surface area (Å²) < 4.78 is 0. The Kier molecular flexibility index (Phi) is 13.4. The Morgan fingerprint density at radius 1 is 0.500 bits per heavy atom. The van der Waals surface area contributed by atoms with Crippen molar-refractivity contribution in [3.05, 3.63) is 57.6 Å². The van der Waals surface area contributed by atoms with E-state index in [2.05, 4.69) is 93.7 Å². The highest BCUT2D eigenvalue weighted by molar-refractivity contribution is 5.76. The first-order chi connectivity index (χ1) is 21.0. The van der Waals surface area contributed by atoms with Gasteiger partial charge in [0.15, 0.2) is 0 Å². The van der Waals surface area contributed by atoms with Crippen LogP contribution in [0.4, 0.5) is 0 Å². The highest BCUT2D eigenvalue weighted by Gasteiger charge is 2.31. The predicted molar refractivity (Wildman–Crippen MR) is 192 cm³/mol. The first kappa shape index (κ1) is 39.2. The van der Waals surface area contributed by atoms with Crippen molar-refractivity contribution in [2.75, 3.05) is 13.1 Å². The van der Waals surface area contributed by atoms with Crippen molar-refractivity contribution in [1.82, 2.24) is 10.6 Å². The van der Waals surface area contributed by atoms with Gasteiger partial charge in [0, 0.05) is 37.1 Å². The van der Waals surface area contributed by atoms with E-state index in [0.29, 0.717) is 50.3 Å². The molecular weight excluding hydrogens is 572 g/mol. The molecule has 0 aliphatic heterocycles. The van der Waals surface area contributed by atoms with E-state index in [0.717, 1.165) is 59.1 Å². The van der Waals surface area contributed by atoms with Crippen LogP contribution in [0.3, 0.4) is 0 Å². The van der Waals surface area contributed by atoms with E-state index in [9.17, 15) is 19.8 Å². The van der Waals surface area contributed by atoms with Gasteiger partial charge in [-0.15, -0.1) is 0 Å². The molecular formula is C40H64N2O4. The van der Waals surface area contributed by atoms with Gasteiger partial charge in [-0.3, -0.25) is 9.59 Å². The number of unbranched alkanes of at least 4 members (excludes halogenated alkanes) is 3. The number of hydrogen-bond acceptors (Lipinski definition) is 4. The standard InChI is InChI=1S/C40H64N2O4/c1-37(2,3)33-27(17-21-29(43)35(33)39(7,8)9)19-23-31(45)41-25-15-13-14-16-26-42-32(46)24-20-28-18-22-30(44)36(40(10,11)12)34(28)38(4,5)6/h17-18,21-22,43-44H,13-16,19-20,23-26H2,1-12H3,(H,41,45)(H,42,46). The molecule has 46 heavy (non-hydrogen) atoms. The summed E-state index contributed by atoms with van der Waals surface area (Å²) >= 11 is 0. The van der Waals surface area contributed by atoms with Gasteiger partial charge in [0.25, 0.3) is 0 Å². The highest BCUT2D eigenvalue weighted by atomic mass is 16.3. The quantitative estimate of drug-likeness (QED) is 0.165. The van der Waals surface area contributed by atoms with Crippen molar-refractivity contribution in [3.63, 3.8) is 0 Å². The number of carbonyl (C=O) groups excluding carboxylic acids is 2. The molecule has 0 heterocycles. The van der Waals surface area contributed by atoms with E-state index in [1.165, 1.54) is 0 Å². The minimum Gasteiger partial charge on any atom is -0.508 e. The van der Waals surface area contributed by atoms with Crippen molar-refractivity contribution in [2.45, 2.75) is 156 Å². The molecule has 2 aromatic carbocycles. The number of rotatable bonds is 13. The van der Waals surface area contributed by atoms with Gasteiger partial charge in [-0.05, 0) is 81.7 Å². The lowest BCUT2D eigenvalue weighted by atomic mass is 9.72. The molecule has 0 aromatic heterocycles. The Morgan fingerprint density at radius 2 is 0.804 bits per heavy atom. The molecule has 2 rings (SSSR count). The summed E-state index contributed by atoms with van der Waals surface area (Å²) in [6, 6.07) is 7.48. The summed E-state index contributed by atoms with van der Waals surface area (Å²) in [5, 5.41) is 27.5.